The van der Waals surface area contributed by atoms with Crippen molar-refractivity contribution >= 4 is 28.8 Å². The Labute approximate surface area is 86.1 Å². The van der Waals surface area contributed by atoms with E-state index >= 15 is 0 Å². The lowest BCUT2D eigenvalue weighted by Gasteiger charge is -1.99. The van der Waals surface area contributed by atoms with Crippen molar-refractivity contribution in [1.29, 1.82) is 0 Å². The molecule has 0 bridgehead atoms. The van der Waals surface area contributed by atoms with Crippen molar-refractivity contribution in [3.63, 3.8) is 0 Å². The second-order valence-electron chi connectivity index (χ2n) is 2.59. The Balaban J connectivity index is 2.70. The van der Waals surface area contributed by atoms with Crippen LogP contribution in [0.1, 0.15) is 20.4 Å². The molecule has 13 heavy (non-hydrogen) atoms. The van der Waals surface area contributed by atoms with Gasteiger partial charge in [-0.15, -0.1) is 22.9 Å². The summed E-state index contributed by atoms with van der Waals surface area (Å²) in [5, 5.41) is 3.61. The standard InChI is InChI=1S/C8H11ClN2OS/c1-5-7(13-6(2)11-5)8(12)10-4-3-9/h3-4H2,1-2H3,(H,10,12). The lowest BCUT2D eigenvalue weighted by molar-refractivity contribution is 0.0959. The summed E-state index contributed by atoms with van der Waals surface area (Å²) in [6.45, 7) is 4.21. The average molecular weight is 219 g/mol. The van der Waals surface area contributed by atoms with E-state index in [9.17, 15) is 4.79 Å². The monoisotopic (exact) mass is 218 g/mol. The highest BCUT2D eigenvalue weighted by Gasteiger charge is 2.12. The van der Waals surface area contributed by atoms with Crippen LogP contribution in [-0.2, 0) is 0 Å². The van der Waals surface area contributed by atoms with Crippen LogP contribution in [0.3, 0.4) is 0 Å². The molecule has 5 heteroatoms. The van der Waals surface area contributed by atoms with Gasteiger partial charge in [0.15, 0.2) is 0 Å². The molecule has 0 aromatic carbocycles. The zero-order valence-electron chi connectivity index (χ0n) is 7.56. The quantitative estimate of drug-likeness (QED) is 0.786. The van der Waals surface area contributed by atoms with Crippen molar-refractivity contribution in [2.24, 2.45) is 0 Å². The van der Waals surface area contributed by atoms with Crippen molar-refractivity contribution in [2.75, 3.05) is 12.4 Å². The fourth-order valence-electron chi connectivity index (χ4n) is 0.983. The van der Waals surface area contributed by atoms with E-state index in [2.05, 4.69) is 10.3 Å². The third-order valence-electron chi connectivity index (χ3n) is 1.49. The van der Waals surface area contributed by atoms with Gasteiger partial charge in [-0.1, -0.05) is 0 Å². The molecular formula is C8H11ClN2OS. The van der Waals surface area contributed by atoms with E-state index in [1.54, 1.807) is 0 Å². The van der Waals surface area contributed by atoms with Gasteiger partial charge in [0.1, 0.15) is 4.88 Å². The molecule has 3 nitrogen and oxygen atoms in total. The van der Waals surface area contributed by atoms with E-state index < -0.39 is 0 Å². The molecule has 0 aliphatic carbocycles. The van der Waals surface area contributed by atoms with Gasteiger partial charge < -0.3 is 5.32 Å². The first-order valence-corrected chi connectivity index (χ1v) is 5.28. The molecule has 1 N–H and O–H groups in total. The number of aromatic nitrogens is 1. The fourth-order valence-corrected chi connectivity index (χ4v) is 1.91. The van der Waals surface area contributed by atoms with Crippen LogP contribution < -0.4 is 5.32 Å². The molecule has 0 unspecified atom stereocenters. The molecule has 1 aromatic rings. The molecule has 1 heterocycles. The summed E-state index contributed by atoms with van der Waals surface area (Å²) in [5.41, 5.74) is 0.787. The lowest BCUT2D eigenvalue weighted by atomic mass is 10.4. The number of carbonyl (C=O) groups excluding carboxylic acids is 1. The third kappa shape index (κ3) is 2.67. The molecule has 1 amide bonds. The minimum absolute atomic E-state index is 0.0799. The van der Waals surface area contributed by atoms with Gasteiger partial charge in [-0.25, -0.2) is 4.98 Å². The summed E-state index contributed by atoms with van der Waals surface area (Å²) in [4.78, 5) is 16.3. The zero-order valence-corrected chi connectivity index (χ0v) is 9.13. The molecule has 0 atom stereocenters. The van der Waals surface area contributed by atoms with Crippen molar-refractivity contribution < 1.29 is 4.79 Å². The van der Waals surface area contributed by atoms with Gasteiger partial charge in [-0.05, 0) is 13.8 Å². The van der Waals surface area contributed by atoms with E-state index in [0.717, 1.165) is 10.7 Å². The number of nitrogens with zero attached hydrogens (tertiary/aromatic N) is 1. The van der Waals surface area contributed by atoms with Crippen LogP contribution in [-0.4, -0.2) is 23.3 Å². The number of rotatable bonds is 3. The summed E-state index contributed by atoms with van der Waals surface area (Å²) in [6, 6.07) is 0. The Morgan fingerprint density at radius 2 is 2.31 bits per heavy atom. The van der Waals surface area contributed by atoms with Gasteiger partial charge >= 0.3 is 0 Å². The smallest absolute Gasteiger partial charge is 0.263 e. The molecule has 1 rings (SSSR count). The topological polar surface area (TPSA) is 42.0 Å². The number of thiazole rings is 1. The maximum Gasteiger partial charge on any atom is 0.263 e. The van der Waals surface area contributed by atoms with Crippen LogP contribution in [0.15, 0.2) is 0 Å². The van der Waals surface area contributed by atoms with Gasteiger partial charge in [-0.3, -0.25) is 4.79 Å². The summed E-state index contributed by atoms with van der Waals surface area (Å²) in [6.07, 6.45) is 0. The number of hydrogen-bond acceptors (Lipinski definition) is 3. The van der Waals surface area contributed by atoms with Crippen LogP contribution in [0.2, 0.25) is 0 Å². The van der Waals surface area contributed by atoms with E-state index in [1.807, 2.05) is 13.8 Å². The molecule has 0 saturated carbocycles. The SMILES string of the molecule is Cc1nc(C)c(C(=O)NCCCl)s1. The molecule has 0 fully saturated rings. The van der Waals surface area contributed by atoms with Gasteiger partial charge in [0.25, 0.3) is 5.91 Å². The highest BCUT2D eigenvalue weighted by Crippen LogP contribution is 2.16. The highest BCUT2D eigenvalue weighted by atomic mass is 35.5. The molecule has 1 aromatic heterocycles. The largest absolute Gasteiger partial charge is 0.350 e. The minimum Gasteiger partial charge on any atom is -0.350 e. The van der Waals surface area contributed by atoms with Crippen LogP contribution in [0.25, 0.3) is 0 Å². The fraction of sp³-hybridized carbons (Fsp3) is 0.500. The Morgan fingerprint density at radius 1 is 1.62 bits per heavy atom. The highest BCUT2D eigenvalue weighted by molar-refractivity contribution is 7.13. The van der Waals surface area contributed by atoms with Crippen molar-refractivity contribution in [1.82, 2.24) is 10.3 Å². The summed E-state index contributed by atoms with van der Waals surface area (Å²) in [7, 11) is 0. The van der Waals surface area contributed by atoms with Gasteiger partial charge in [0.05, 0.1) is 10.7 Å². The summed E-state index contributed by atoms with van der Waals surface area (Å²) in [5.74, 6) is 0.353. The van der Waals surface area contributed by atoms with E-state index in [1.165, 1.54) is 11.3 Å². The van der Waals surface area contributed by atoms with Gasteiger partial charge in [0.2, 0.25) is 0 Å². The maximum atomic E-state index is 11.4. The van der Waals surface area contributed by atoms with Crippen LogP contribution in [0, 0.1) is 13.8 Å². The zero-order chi connectivity index (χ0) is 9.84. The lowest BCUT2D eigenvalue weighted by Crippen LogP contribution is -2.24. The average Bonchev–Trinajstić information content (AvgIpc) is 2.41. The Hall–Kier alpha value is -0.610. The summed E-state index contributed by atoms with van der Waals surface area (Å²) < 4.78 is 0. The minimum atomic E-state index is -0.0799. The summed E-state index contributed by atoms with van der Waals surface area (Å²) >= 11 is 6.86. The number of amides is 1. The molecule has 0 saturated heterocycles. The Morgan fingerprint density at radius 3 is 2.77 bits per heavy atom. The van der Waals surface area contributed by atoms with Crippen LogP contribution in [0.5, 0.6) is 0 Å². The second kappa shape index (κ2) is 4.58. The predicted molar refractivity (Wildman–Crippen MR) is 54.6 cm³/mol. The first-order valence-electron chi connectivity index (χ1n) is 3.93. The molecule has 0 spiro atoms. The molecule has 0 aliphatic heterocycles. The molecular weight excluding hydrogens is 208 g/mol. The Kier molecular flexibility index (Phi) is 3.69. The second-order valence-corrected chi connectivity index (χ2v) is 4.17. The first-order chi connectivity index (χ1) is 6.15. The normalized spacial score (nSPS) is 10.1. The van der Waals surface area contributed by atoms with Gasteiger partial charge in [0, 0.05) is 12.4 Å². The Bertz CT molecular complexity index is 311. The van der Waals surface area contributed by atoms with Crippen LogP contribution in [0.4, 0.5) is 0 Å². The van der Waals surface area contributed by atoms with E-state index in [0.29, 0.717) is 17.3 Å². The number of nitrogens with one attached hydrogen (secondary N) is 1. The number of alkyl halides is 1. The maximum absolute atomic E-state index is 11.4. The van der Waals surface area contributed by atoms with E-state index in [-0.39, 0.29) is 5.91 Å². The van der Waals surface area contributed by atoms with Crippen LogP contribution >= 0.6 is 22.9 Å². The number of aryl methyl sites for hydroxylation is 2. The van der Waals surface area contributed by atoms with Crippen molar-refractivity contribution in [3.05, 3.63) is 15.6 Å². The predicted octanol–water partition coefficient (Wildman–Crippen LogP) is 1.73. The van der Waals surface area contributed by atoms with Crippen molar-refractivity contribution in [2.45, 2.75) is 13.8 Å². The van der Waals surface area contributed by atoms with Crippen molar-refractivity contribution in [3.8, 4) is 0 Å². The number of carbonyl (C=O) groups is 1. The first kappa shape index (κ1) is 10.5. The van der Waals surface area contributed by atoms with E-state index in [4.69, 9.17) is 11.6 Å². The number of halogens is 1. The molecule has 0 aliphatic rings. The molecule has 0 radical (unpaired) electrons. The van der Waals surface area contributed by atoms with Gasteiger partial charge in [-0.2, -0.15) is 0 Å². The molecule has 72 valence electrons. The third-order valence-corrected chi connectivity index (χ3v) is 2.75. The number of hydrogen-bond donors (Lipinski definition) is 1.